The molecule has 2 rings (SSSR count). The van der Waals surface area contributed by atoms with Gasteiger partial charge in [0.2, 0.25) is 0 Å². The minimum Gasteiger partial charge on any atom is -0.394 e. The summed E-state index contributed by atoms with van der Waals surface area (Å²) in [6.07, 6.45) is 1.90. The minimum atomic E-state index is 0.00223. The van der Waals surface area contributed by atoms with Gasteiger partial charge in [-0.1, -0.05) is 12.1 Å². The SMILES string of the molecule is Cc1cccc(C(=O)N2CCC[C@H]2CO)c1C. The Morgan fingerprint density at radius 2 is 2.24 bits per heavy atom. The third-order valence-corrected chi connectivity index (χ3v) is 3.68. The van der Waals surface area contributed by atoms with Gasteiger partial charge in [0, 0.05) is 12.1 Å². The molecule has 1 atom stereocenters. The Balaban J connectivity index is 2.28. The van der Waals surface area contributed by atoms with Crippen molar-refractivity contribution >= 4 is 5.91 Å². The molecule has 0 aromatic heterocycles. The number of aryl methyl sites for hydroxylation is 1. The van der Waals surface area contributed by atoms with Gasteiger partial charge in [-0.3, -0.25) is 4.79 Å². The fourth-order valence-electron chi connectivity index (χ4n) is 2.43. The Morgan fingerprint density at radius 3 is 2.94 bits per heavy atom. The molecule has 1 heterocycles. The molecule has 1 aromatic rings. The summed E-state index contributed by atoms with van der Waals surface area (Å²) in [5, 5.41) is 9.26. The van der Waals surface area contributed by atoms with Crippen molar-refractivity contribution in [2.45, 2.75) is 32.7 Å². The van der Waals surface area contributed by atoms with E-state index >= 15 is 0 Å². The van der Waals surface area contributed by atoms with Crippen molar-refractivity contribution in [3.8, 4) is 0 Å². The van der Waals surface area contributed by atoms with Crippen LogP contribution in [0.5, 0.6) is 0 Å². The van der Waals surface area contributed by atoms with Gasteiger partial charge in [0.15, 0.2) is 0 Å². The van der Waals surface area contributed by atoms with Crippen LogP contribution < -0.4 is 0 Å². The van der Waals surface area contributed by atoms with Gasteiger partial charge in [-0.05, 0) is 43.9 Å². The fraction of sp³-hybridized carbons (Fsp3) is 0.500. The van der Waals surface area contributed by atoms with E-state index in [0.717, 1.165) is 36.1 Å². The second kappa shape index (κ2) is 4.88. The van der Waals surface area contributed by atoms with Crippen molar-refractivity contribution in [1.82, 2.24) is 4.90 Å². The molecular weight excluding hydrogens is 214 g/mol. The topological polar surface area (TPSA) is 40.5 Å². The Hall–Kier alpha value is -1.35. The molecule has 0 saturated carbocycles. The molecule has 1 N–H and O–H groups in total. The molecule has 1 saturated heterocycles. The van der Waals surface area contributed by atoms with Crippen molar-refractivity contribution in [2.75, 3.05) is 13.2 Å². The average Bonchev–Trinajstić information content (AvgIpc) is 2.80. The maximum absolute atomic E-state index is 12.4. The Morgan fingerprint density at radius 1 is 1.47 bits per heavy atom. The first-order valence-corrected chi connectivity index (χ1v) is 6.13. The number of aliphatic hydroxyl groups is 1. The van der Waals surface area contributed by atoms with Crippen LogP contribution in [0.4, 0.5) is 0 Å². The summed E-state index contributed by atoms with van der Waals surface area (Å²) in [5.41, 5.74) is 2.95. The molecule has 0 aliphatic carbocycles. The van der Waals surface area contributed by atoms with E-state index in [1.54, 1.807) is 0 Å². The highest BCUT2D eigenvalue weighted by Crippen LogP contribution is 2.22. The lowest BCUT2D eigenvalue weighted by molar-refractivity contribution is 0.0677. The first-order valence-electron chi connectivity index (χ1n) is 6.13. The molecule has 0 bridgehead atoms. The highest BCUT2D eigenvalue weighted by Gasteiger charge is 2.29. The van der Waals surface area contributed by atoms with Gasteiger partial charge < -0.3 is 10.0 Å². The highest BCUT2D eigenvalue weighted by molar-refractivity contribution is 5.96. The number of likely N-dealkylation sites (tertiary alicyclic amines) is 1. The Kier molecular flexibility index (Phi) is 3.48. The normalized spacial score (nSPS) is 19.7. The highest BCUT2D eigenvalue weighted by atomic mass is 16.3. The second-order valence-corrected chi connectivity index (χ2v) is 4.72. The third kappa shape index (κ3) is 2.20. The zero-order chi connectivity index (χ0) is 12.4. The predicted octanol–water partition coefficient (Wildman–Crippen LogP) is 1.90. The quantitative estimate of drug-likeness (QED) is 0.847. The molecule has 17 heavy (non-hydrogen) atoms. The zero-order valence-corrected chi connectivity index (χ0v) is 10.4. The summed E-state index contributed by atoms with van der Waals surface area (Å²) in [5.74, 6) is 0.0581. The maximum atomic E-state index is 12.4. The molecule has 1 amide bonds. The molecule has 1 aliphatic rings. The maximum Gasteiger partial charge on any atom is 0.254 e. The standard InChI is InChI=1S/C14H19NO2/c1-10-5-3-7-13(11(10)2)14(17)15-8-4-6-12(15)9-16/h3,5,7,12,16H,4,6,8-9H2,1-2H3/t12-/m0/s1. The van der Waals surface area contributed by atoms with Crippen LogP contribution >= 0.6 is 0 Å². The molecule has 3 heteroatoms. The molecule has 1 aliphatic heterocycles. The molecular formula is C14H19NO2. The van der Waals surface area contributed by atoms with E-state index in [-0.39, 0.29) is 18.6 Å². The third-order valence-electron chi connectivity index (χ3n) is 3.68. The van der Waals surface area contributed by atoms with Gasteiger partial charge >= 0.3 is 0 Å². The number of carbonyl (C=O) groups excluding carboxylic acids is 1. The van der Waals surface area contributed by atoms with Crippen LogP contribution in [0.25, 0.3) is 0 Å². The summed E-state index contributed by atoms with van der Waals surface area (Å²) in [6, 6.07) is 5.80. The fourth-order valence-corrected chi connectivity index (χ4v) is 2.43. The largest absolute Gasteiger partial charge is 0.394 e. The van der Waals surface area contributed by atoms with Crippen molar-refractivity contribution < 1.29 is 9.90 Å². The van der Waals surface area contributed by atoms with E-state index in [1.165, 1.54) is 0 Å². The molecule has 1 fully saturated rings. The van der Waals surface area contributed by atoms with Crippen molar-refractivity contribution in [2.24, 2.45) is 0 Å². The van der Waals surface area contributed by atoms with Gasteiger partial charge in [0.1, 0.15) is 0 Å². The van der Waals surface area contributed by atoms with Crippen LogP contribution in [0.1, 0.15) is 34.3 Å². The van der Waals surface area contributed by atoms with Crippen LogP contribution in [-0.4, -0.2) is 35.1 Å². The first-order chi connectivity index (χ1) is 8.15. The minimum absolute atomic E-state index is 0.00223. The Labute approximate surface area is 102 Å². The summed E-state index contributed by atoms with van der Waals surface area (Å²) in [4.78, 5) is 14.2. The van der Waals surface area contributed by atoms with Crippen LogP contribution in [-0.2, 0) is 0 Å². The second-order valence-electron chi connectivity index (χ2n) is 4.72. The molecule has 0 unspecified atom stereocenters. The van der Waals surface area contributed by atoms with E-state index in [0.29, 0.717) is 0 Å². The summed E-state index contributed by atoms with van der Waals surface area (Å²) < 4.78 is 0. The predicted molar refractivity (Wildman–Crippen MR) is 67.1 cm³/mol. The van der Waals surface area contributed by atoms with Crippen molar-refractivity contribution in [3.05, 3.63) is 34.9 Å². The molecule has 0 spiro atoms. The summed E-state index contributed by atoms with van der Waals surface area (Å²) in [7, 11) is 0. The summed E-state index contributed by atoms with van der Waals surface area (Å²) >= 11 is 0. The van der Waals surface area contributed by atoms with Gasteiger partial charge in [-0.2, -0.15) is 0 Å². The molecule has 1 aromatic carbocycles. The van der Waals surface area contributed by atoms with Gasteiger partial charge in [-0.15, -0.1) is 0 Å². The lowest BCUT2D eigenvalue weighted by Crippen LogP contribution is -2.38. The molecule has 0 radical (unpaired) electrons. The number of carbonyl (C=O) groups is 1. The van der Waals surface area contributed by atoms with Crippen LogP contribution in [0.3, 0.4) is 0 Å². The lowest BCUT2D eigenvalue weighted by atomic mass is 10.0. The number of nitrogens with zero attached hydrogens (tertiary/aromatic N) is 1. The van der Waals surface area contributed by atoms with E-state index in [1.807, 2.05) is 36.9 Å². The van der Waals surface area contributed by atoms with E-state index in [9.17, 15) is 9.90 Å². The summed E-state index contributed by atoms with van der Waals surface area (Å²) in [6.45, 7) is 4.82. The first kappa shape index (κ1) is 12.1. The number of benzene rings is 1. The number of rotatable bonds is 2. The van der Waals surface area contributed by atoms with Crippen LogP contribution in [0.2, 0.25) is 0 Å². The van der Waals surface area contributed by atoms with E-state index < -0.39 is 0 Å². The van der Waals surface area contributed by atoms with Gasteiger partial charge in [0.05, 0.1) is 12.6 Å². The monoisotopic (exact) mass is 233 g/mol. The van der Waals surface area contributed by atoms with E-state index in [2.05, 4.69) is 0 Å². The number of amides is 1. The zero-order valence-electron chi connectivity index (χ0n) is 10.4. The molecule has 92 valence electrons. The number of aliphatic hydroxyl groups excluding tert-OH is 1. The molecule has 3 nitrogen and oxygen atoms in total. The average molecular weight is 233 g/mol. The van der Waals surface area contributed by atoms with Gasteiger partial charge in [0.25, 0.3) is 5.91 Å². The van der Waals surface area contributed by atoms with Crippen LogP contribution in [0, 0.1) is 13.8 Å². The van der Waals surface area contributed by atoms with E-state index in [4.69, 9.17) is 0 Å². The van der Waals surface area contributed by atoms with Gasteiger partial charge in [-0.25, -0.2) is 0 Å². The van der Waals surface area contributed by atoms with Crippen molar-refractivity contribution in [3.63, 3.8) is 0 Å². The Bertz CT molecular complexity index is 428. The number of hydrogen-bond acceptors (Lipinski definition) is 2. The smallest absolute Gasteiger partial charge is 0.254 e. The lowest BCUT2D eigenvalue weighted by Gasteiger charge is -2.24. The van der Waals surface area contributed by atoms with Crippen LogP contribution in [0.15, 0.2) is 18.2 Å². The van der Waals surface area contributed by atoms with Crippen molar-refractivity contribution in [1.29, 1.82) is 0 Å². The number of hydrogen-bond donors (Lipinski definition) is 1.